The average Bonchev–Trinajstić information content (AvgIpc) is 3.16. The van der Waals surface area contributed by atoms with Gasteiger partial charge >= 0.3 is 0 Å². The Morgan fingerprint density at radius 3 is 2.33 bits per heavy atom. The minimum absolute atomic E-state index is 0.444. The van der Waals surface area contributed by atoms with Crippen LogP contribution in [0.15, 0.2) is 0 Å². The first-order chi connectivity index (χ1) is 10.0. The molecule has 0 aromatic rings. The van der Waals surface area contributed by atoms with Crippen molar-refractivity contribution in [3.8, 4) is 0 Å². The lowest BCUT2D eigenvalue weighted by Gasteiger charge is -2.26. The lowest BCUT2D eigenvalue weighted by atomic mass is 10.1. The predicted molar refractivity (Wildman–Crippen MR) is 89.7 cm³/mol. The van der Waals surface area contributed by atoms with Crippen molar-refractivity contribution in [1.82, 2.24) is 10.2 Å². The highest BCUT2D eigenvalue weighted by atomic mass is 16.5. The Kier molecular flexibility index (Phi) is 6.97. The summed E-state index contributed by atoms with van der Waals surface area (Å²) in [7, 11) is 0. The van der Waals surface area contributed by atoms with E-state index in [2.05, 4.69) is 37.9 Å². The molecule has 2 rings (SSSR count). The smallest absolute Gasteiger partial charge is 0.0707 e. The molecule has 3 heteroatoms. The van der Waals surface area contributed by atoms with E-state index in [0.717, 1.165) is 37.5 Å². The number of ether oxygens (including phenoxy) is 1. The number of nitrogens with zero attached hydrogens (tertiary/aromatic N) is 1. The molecule has 0 aromatic carbocycles. The van der Waals surface area contributed by atoms with Gasteiger partial charge in [0.05, 0.1) is 12.2 Å². The first kappa shape index (κ1) is 17.2. The fourth-order valence-corrected chi connectivity index (χ4v) is 3.15. The van der Waals surface area contributed by atoms with Gasteiger partial charge in [0.25, 0.3) is 0 Å². The van der Waals surface area contributed by atoms with E-state index in [-0.39, 0.29) is 0 Å². The molecule has 1 heterocycles. The summed E-state index contributed by atoms with van der Waals surface area (Å²) in [5.74, 6) is 1.53. The van der Waals surface area contributed by atoms with E-state index in [0.29, 0.717) is 12.2 Å². The topological polar surface area (TPSA) is 24.5 Å². The van der Waals surface area contributed by atoms with E-state index in [9.17, 15) is 0 Å². The van der Waals surface area contributed by atoms with Gasteiger partial charge in [-0.3, -0.25) is 4.90 Å². The molecule has 1 aliphatic carbocycles. The van der Waals surface area contributed by atoms with Crippen molar-refractivity contribution in [3.05, 3.63) is 0 Å². The van der Waals surface area contributed by atoms with Crippen LogP contribution in [-0.4, -0.2) is 49.3 Å². The summed E-state index contributed by atoms with van der Waals surface area (Å²) >= 11 is 0. The molecule has 2 atom stereocenters. The number of rotatable bonds is 10. The van der Waals surface area contributed by atoms with E-state index < -0.39 is 0 Å². The van der Waals surface area contributed by atoms with Gasteiger partial charge in [-0.1, -0.05) is 27.7 Å². The summed E-state index contributed by atoms with van der Waals surface area (Å²) in [6.07, 6.45) is 7.54. The number of nitrogens with one attached hydrogen (secondary N) is 1. The second-order valence-corrected chi connectivity index (χ2v) is 7.92. The summed E-state index contributed by atoms with van der Waals surface area (Å²) in [5.41, 5.74) is 0. The van der Waals surface area contributed by atoms with Crippen molar-refractivity contribution < 1.29 is 4.74 Å². The average molecular weight is 296 g/mol. The molecule has 1 aliphatic heterocycles. The van der Waals surface area contributed by atoms with E-state index in [4.69, 9.17) is 4.74 Å². The Labute approximate surface area is 131 Å². The molecular weight excluding hydrogens is 260 g/mol. The van der Waals surface area contributed by atoms with Gasteiger partial charge in [-0.2, -0.15) is 0 Å². The maximum absolute atomic E-state index is 6.25. The van der Waals surface area contributed by atoms with Gasteiger partial charge in [-0.25, -0.2) is 0 Å². The van der Waals surface area contributed by atoms with Gasteiger partial charge in [-0.15, -0.1) is 0 Å². The largest absolute Gasteiger partial charge is 0.372 e. The predicted octanol–water partition coefficient (Wildman–Crippen LogP) is 3.29. The molecule has 1 N–H and O–H groups in total. The lowest BCUT2D eigenvalue weighted by molar-refractivity contribution is 0.0207. The Bertz CT molecular complexity index is 289. The molecule has 0 amide bonds. The summed E-state index contributed by atoms with van der Waals surface area (Å²) in [5, 5.41) is 3.54. The fraction of sp³-hybridized carbons (Fsp3) is 1.00. The van der Waals surface area contributed by atoms with Gasteiger partial charge in [0.2, 0.25) is 0 Å². The number of hydrogen-bond acceptors (Lipinski definition) is 3. The molecule has 1 saturated carbocycles. The molecule has 2 fully saturated rings. The van der Waals surface area contributed by atoms with Crippen LogP contribution in [0.4, 0.5) is 0 Å². The van der Waals surface area contributed by atoms with Crippen molar-refractivity contribution in [2.75, 3.05) is 26.2 Å². The van der Waals surface area contributed by atoms with Gasteiger partial charge < -0.3 is 10.1 Å². The minimum atomic E-state index is 0.444. The van der Waals surface area contributed by atoms with Crippen LogP contribution < -0.4 is 5.32 Å². The van der Waals surface area contributed by atoms with E-state index in [1.807, 2.05) is 0 Å². The number of hydrogen-bond donors (Lipinski definition) is 1. The van der Waals surface area contributed by atoms with Crippen molar-refractivity contribution in [3.63, 3.8) is 0 Å². The zero-order chi connectivity index (χ0) is 15.2. The van der Waals surface area contributed by atoms with Crippen LogP contribution in [-0.2, 0) is 4.74 Å². The summed E-state index contributed by atoms with van der Waals surface area (Å²) in [6, 6.07) is 0.866. The Morgan fingerprint density at radius 1 is 1.00 bits per heavy atom. The monoisotopic (exact) mass is 296 g/mol. The van der Waals surface area contributed by atoms with Crippen LogP contribution in [0.25, 0.3) is 0 Å². The van der Waals surface area contributed by atoms with Gasteiger partial charge in [0.1, 0.15) is 0 Å². The van der Waals surface area contributed by atoms with Crippen LogP contribution in [0.2, 0.25) is 0 Å². The van der Waals surface area contributed by atoms with Crippen LogP contribution in [0.1, 0.15) is 59.8 Å². The highest BCUT2D eigenvalue weighted by Gasteiger charge is 2.33. The van der Waals surface area contributed by atoms with E-state index >= 15 is 0 Å². The van der Waals surface area contributed by atoms with Gasteiger partial charge in [0, 0.05) is 19.1 Å². The molecule has 3 nitrogen and oxygen atoms in total. The first-order valence-electron chi connectivity index (χ1n) is 9.14. The van der Waals surface area contributed by atoms with Crippen molar-refractivity contribution >= 4 is 0 Å². The van der Waals surface area contributed by atoms with Crippen molar-refractivity contribution in [2.24, 2.45) is 11.8 Å². The van der Waals surface area contributed by atoms with E-state index in [1.165, 1.54) is 38.6 Å². The zero-order valence-corrected chi connectivity index (χ0v) is 14.6. The standard InChI is InChI=1S/C18H36N2O/c1-14(2)9-10-20(16-5-6-16)13-18-8-7-17(21-18)12-19-11-15(3)4/h14-19H,5-13H2,1-4H3. The van der Waals surface area contributed by atoms with Crippen LogP contribution in [0, 0.1) is 11.8 Å². The SMILES string of the molecule is CC(C)CCN(CC1CCC(CNCC(C)C)O1)C1CC1. The Balaban J connectivity index is 1.65. The quantitative estimate of drug-likeness (QED) is 0.669. The maximum Gasteiger partial charge on any atom is 0.0707 e. The molecule has 2 aliphatic rings. The Hall–Kier alpha value is -0.120. The molecule has 0 radical (unpaired) electrons. The first-order valence-corrected chi connectivity index (χ1v) is 9.14. The van der Waals surface area contributed by atoms with Crippen LogP contribution >= 0.6 is 0 Å². The third-order valence-corrected chi connectivity index (χ3v) is 4.62. The minimum Gasteiger partial charge on any atom is -0.372 e. The normalized spacial score (nSPS) is 26.4. The molecule has 0 aromatic heterocycles. The van der Waals surface area contributed by atoms with Gasteiger partial charge in [-0.05, 0) is 57.0 Å². The van der Waals surface area contributed by atoms with Gasteiger partial charge in [0.15, 0.2) is 0 Å². The van der Waals surface area contributed by atoms with Crippen LogP contribution in [0.3, 0.4) is 0 Å². The second kappa shape index (κ2) is 8.50. The second-order valence-electron chi connectivity index (χ2n) is 7.92. The molecule has 0 bridgehead atoms. The fourth-order valence-electron chi connectivity index (χ4n) is 3.15. The highest BCUT2D eigenvalue weighted by molar-refractivity contribution is 4.87. The zero-order valence-electron chi connectivity index (χ0n) is 14.6. The third-order valence-electron chi connectivity index (χ3n) is 4.62. The molecule has 2 unspecified atom stereocenters. The Morgan fingerprint density at radius 2 is 1.71 bits per heavy atom. The molecule has 1 saturated heterocycles. The molecular formula is C18H36N2O. The maximum atomic E-state index is 6.25. The molecule has 21 heavy (non-hydrogen) atoms. The third kappa shape index (κ3) is 6.66. The van der Waals surface area contributed by atoms with Crippen molar-refractivity contribution in [1.29, 1.82) is 0 Å². The van der Waals surface area contributed by atoms with E-state index in [1.54, 1.807) is 0 Å². The van der Waals surface area contributed by atoms with Crippen LogP contribution in [0.5, 0.6) is 0 Å². The summed E-state index contributed by atoms with van der Waals surface area (Å²) in [4.78, 5) is 2.70. The highest BCUT2D eigenvalue weighted by Crippen LogP contribution is 2.30. The molecule has 0 spiro atoms. The summed E-state index contributed by atoms with van der Waals surface area (Å²) < 4.78 is 6.25. The molecule has 124 valence electrons. The lowest BCUT2D eigenvalue weighted by Crippen LogP contribution is -2.36. The van der Waals surface area contributed by atoms with Crippen molar-refractivity contribution in [2.45, 2.75) is 78.0 Å². The summed E-state index contributed by atoms with van der Waals surface area (Å²) in [6.45, 7) is 13.7.